The summed E-state index contributed by atoms with van der Waals surface area (Å²) in [7, 11) is -1.74. The normalized spacial score (nSPS) is 22.4. The first-order chi connectivity index (χ1) is 11.6. The molecule has 0 radical (unpaired) electrons. The van der Waals surface area contributed by atoms with Crippen LogP contribution in [0, 0.1) is 5.92 Å². The number of carbonyl (C=O) groups is 1. The molecule has 0 aromatic carbocycles. The number of amides is 1. The molecule has 1 atom stereocenters. The van der Waals surface area contributed by atoms with Crippen LogP contribution < -0.4 is 5.32 Å². The van der Waals surface area contributed by atoms with Crippen LogP contribution in [0.25, 0.3) is 0 Å². The van der Waals surface area contributed by atoms with E-state index in [9.17, 15) is 4.79 Å². The zero-order valence-corrected chi connectivity index (χ0v) is 18.4. The number of carbonyl (C=O) groups excluding carboxylic acids is 1. The van der Waals surface area contributed by atoms with Crippen LogP contribution in [0.5, 0.6) is 0 Å². The Hall–Kier alpha value is -0.393. The first-order valence-corrected chi connectivity index (χ1v) is 13.2. The summed E-state index contributed by atoms with van der Waals surface area (Å²) in [6.07, 6.45) is 7.86. The molecule has 146 valence electrons. The highest BCUT2D eigenvalue weighted by Crippen LogP contribution is 2.40. The molecule has 1 N–H and O–H groups in total. The predicted molar refractivity (Wildman–Crippen MR) is 107 cm³/mol. The number of hydrogen-bond donors (Lipinski definition) is 1. The molecule has 1 saturated carbocycles. The van der Waals surface area contributed by atoms with Gasteiger partial charge in [-0.15, -0.1) is 0 Å². The van der Waals surface area contributed by atoms with Gasteiger partial charge in [0.05, 0.1) is 6.10 Å². The highest BCUT2D eigenvalue weighted by molar-refractivity contribution is 6.74. The summed E-state index contributed by atoms with van der Waals surface area (Å²) in [6, 6.07) is 0.530. The van der Waals surface area contributed by atoms with Crippen molar-refractivity contribution in [3.63, 3.8) is 0 Å². The molecule has 0 aromatic rings. The van der Waals surface area contributed by atoms with Gasteiger partial charge in [0.2, 0.25) is 5.91 Å². The van der Waals surface area contributed by atoms with Crippen molar-refractivity contribution < 1.29 is 9.22 Å². The van der Waals surface area contributed by atoms with E-state index in [4.69, 9.17) is 4.43 Å². The number of nitrogens with zero attached hydrogens (tertiary/aromatic N) is 1. The Labute approximate surface area is 156 Å². The highest BCUT2D eigenvalue weighted by Gasteiger charge is 2.41. The van der Waals surface area contributed by atoms with E-state index in [0.717, 1.165) is 38.4 Å². The molecule has 4 nitrogen and oxygen atoms in total. The lowest BCUT2D eigenvalue weighted by Gasteiger charge is -2.42. The Morgan fingerprint density at radius 3 is 2.20 bits per heavy atom. The van der Waals surface area contributed by atoms with Gasteiger partial charge in [-0.25, -0.2) is 0 Å². The van der Waals surface area contributed by atoms with E-state index in [1.54, 1.807) is 6.92 Å². The second kappa shape index (κ2) is 8.53. The molecule has 5 heteroatoms. The molecule has 1 aliphatic carbocycles. The van der Waals surface area contributed by atoms with Crippen molar-refractivity contribution in [1.82, 2.24) is 10.2 Å². The third-order valence-corrected chi connectivity index (χ3v) is 11.2. The maximum absolute atomic E-state index is 11.5. The van der Waals surface area contributed by atoms with Gasteiger partial charge < -0.3 is 14.6 Å². The van der Waals surface area contributed by atoms with Gasteiger partial charge >= 0.3 is 0 Å². The fourth-order valence-electron chi connectivity index (χ4n) is 3.87. The molecule has 1 aliphatic heterocycles. The van der Waals surface area contributed by atoms with Crippen molar-refractivity contribution in [2.75, 3.05) is 19.6 Å². The lowest BCUT2D eigenvalue weighted by Crippen LogP contribution is -2.51. The second-order valence-corrected chi connectivity index (χ2v) is 14.4. The fraction of sp³-hybridized carbons (Fsp3) is 0.950. The minimum atomic E-state index is -1.74. The SMILES string of the molecule is CC(=O)N1CCC(NCC(O[Si](C)(C)C(C)(C)C)C2CCCC2)CC1. The van der Waals surface area contributed by atoms with Crippen molar-refractivity contribution >= 4 is 14.2 Å². The molecule has 2 rings (SSSR count). The third kappa shape index (κ3) is 5.80. The number of likely N-dealkylation sites (tertiary alicyclic amines) is 1. The molecular formula is C20H40N2O2Si. The molecule has 2 aliphatic rings. The number of hydrogen-bond acceptors (Lipinski definition) is 3. The Morgan fingerprint density at radius 2 is 1.72 bits per heavy atom. The largest absolute Gasteiger partial charge is 0.412 e. The second-order valence-electron chi connectivity index (χ2n) is 9.65. The Kier molecular flexibility index (Phi) is 7.14. The summed E-state index contributed by atoms with van der Waals surface area (Å²) in [5.41, 5.74) is 0. The van der Waals surface area contributed by atoms with Gasteiger partial charge in [-0.1, -0.05) is 33.6 Å². The van der Waals surface area contributed by atoms with E-state index >= 15 is 0 Å². The molecule has 1 amide bonds. The summed E-state index contributed by atoms with van der Waals surface area (Å²) in [6.45, 7) is 16.2. The minimum Gasteiger partial charge on any atom is -0.412 e. The van der Waals surface area contributed by atoms with Gasteiger partial charge in [0.1, 0.15) is 0 Å². The van der Waals surface area contributed by atoms with E-state index in [1.165, 1.54) is 25.7 Å². The summed E-state index contributed by atoms with van der Waals surface area (Å²) >= 11 is 0. The molecule has 1 unspecified atom stereocenters. The first-order valence-electron chi connectivity index (χ1n) is 10.3. The van der Waals surface area contributed by atoms with Crippen LogP contribution >= 0.6 is 0 Å². The van der Waals surface area contributed by atoms with Crippen molar-refractivity contribution in [1.29, 1.82) is 0 Å². The van der Waals surface area contributed by atoms with Gasteiger partial charge in [-0.3, -0.25) is 4.79 Å². The lowest BCUT2D eigenvalue weighted by atomic mass is 9.99. The summed E-state index contributed by atoms with van der Waals surface area (Å²) in [4.78, 5) is 13.5. The van der Waals surface area contributed by atoms with Crippen LogP contribution in [0.2, 0.25) is 18.1 Å². The monoisotopic (exact) mass is 368 g/mol. The van der Waals surface area contributed by atoms with E-state index < -0.39 is 8.32 Å². The Balaban J connectivity index is 1.90. The van der Waals surface area contributed by atoms with Crippen molar-refractivity contribution in [3.05, 3.63) is 0 Å². The summed E-state index contributed by atoms with van der Waals surface area (Å²) in [5, 5.41) is 4.05. The predicted octanol–water partition coefficient (Wildman–Crippen LogP) is 4.17. The zero-order chi connectivity index (χ0) is 18.7. The Morgan fingerprint density at radius 1 is 1.16 bits per heavy atom. The maximum Gasteiger partial charge on any atom is 0.219 e. The summed E-state index contributed by atoms with van der Waals surface area (Å²) in [5.74, 6) is 0.933. The van der Waals surface area contributed by atoms with Crippen LogP contribution in [-0.2, 0) is 9.22 Å². The smallest absolute Gasteiger partial charge is 0.219 e. The zero-order valence-electron chi connectivity index (χ0n) is 17.4. The van der Waals surface area contributed by atoms with Gasteiger partial charge in [0, 0.05) is 32.6 Å². The van der Waals surface area contributed by atoms with Crippen molar-refractivity contribution in [2.45, 2.75) is 96.5 Å². The first kappa shape index (κ1) is 20.9. The van der Waals surface area contributed by atoms with Gasteiger partial charge in [-0.05, 0) is 49.7 Å². The standard InChI is InChI=1S/C20H40N2O2Si/c1-16(23)22-13-11-18(12-14-22)21-15-19(17-9-7-8-10-17)24-25(5,6)20(2,3)4/h17-19,21H,7-15H2,1-6H3. The van der Waals surface area contributed by atoms with Crippen molar-refractivity contribution in [2.24, 2.45) is 5.92 Å². The topological polar surface area (TPSA) is 41.6 Å². The van der Waals surface area contributed by atoms with Crippen LogP contribution in [0.4, 0.5) is 0 Å². The lowest BCUT2D eigenvalue weighted by molar-refractivity contribution is -0.129. The van der Waals surface area contributed by atoms with E-state index in [0.29, 0.717) is 12.1 Å². The quantitative estimate of drug-likeness (QED) is 0.716. The molecule has 1 heterocycles. The van der Waals surface area contributed by atoms with Crippen molar-refractivity contribution in [3.8, 4) is 0 Å². The number of rotatable bonds is 6. The average molecular weight is 369 g/mol. The van der Waals surface area contributed by atoms with E-state index in [2.05, 4.69) is 39.2 Å². The van der Waals surface area contributed by atoms with Crippen LogP contribution in [0.1, 0.15) is 66.2 Å². The molecule has 0 bridgehead atoms. The molecule has 2 fully saturated rings. The molecule has 1 saturated heterocycles. The highest BCUT2D eigenvalue weighted by atomic mass is 28.4. The molecule has 0 spiro atoms. The Bertz CT molecular complexity index is 433. The molecule has 25 heavy (non-hydrogen) atoms. The number of nitrogens with one attached hydrogen (secondary N) is 1. The van der Waals surface area contributed by atoms with Gasteiger partial charge in [-0.2, -0.15) is 0 Å². The fourth-order valence-corrected chi connectivity index (χ4v) is 5.26. The minimum absolute atomic E-state index is 0.212. The van der Waals surface area contributed by atoms with E-state index in [-0.39, 0.29) is 10.9 Å². The van der Waals surface area contributed by atoms with Gasteiger partial charge in [0.25, 0.3) is 0 Å². The van der Waals surface area contributed by atoms with Gasteiger partial charge in [0.15, 0.2) is 8.32 Å². The summed E-state index contributed by atoms with van der Waals surface area (Å²) < 4.78 is 6.85. The third-order valence-electron chi connectivity index (χ3n) is 6.73. The molecular weight excluding hydrogens is 328 g/mol. The van der Waals surface area contributed by atoms with E-state index in [1.807, 2.05) is 4.90 Å². The van der Waals surface area contributed by atoms with Crippen LogP contribution in [0.3, 0.4) is 0 Å². The number of piperidine rings is 1. The maximum atomic E-state index is 11.5. The average Bonchev–Trinajstić information content (AvgIpc) is 3.05. The van der Waals surface area contributed by atoms with Crippen LogP contribution in [0.15, 0.2) is 0 Å². The van der Waals surface area contributed by atoms with Crippen LogP contribution in [-0.4, -0.2) is 50.9 Å². The molecule has 0 aromatic heterocycles.